The topological polar surface area (TPSA) is 212 Å². The monoisotopic (exact) mass is 887 g/mol. The molecule has 1 saturated heterocycles. The molecule has 3 aliphatic carbocycles. The summed E-state index contributed by atoms with van der Waals surface area (Å²) in [7, 11) is -3.92. The van der Waals surface area contributed by atoms with Crippen LogP contribution in [0.3, 0.4) is 0 Å². The Kier molecular flexibility index (Phi) is 11.3. The highest BCUT2D eigenvalue weighted by Crippen LogP contribution is 2.46. The molecule has 5 atom stereocenters. The number of ether oxygens (including phenoxy) is 2. The molecule has 9 rings (SSSR count). The number of nitrogens with zero attached hydrogens (tertiary/aromatic N) is 4. The van der Waals surface area contributed by atoms with Gasteiger partial charge in [-0.3, -0.25) is 19.1 Å². The number of para-hydroxylation sites is 1. The van der Waals surface area contributed by atoms with E-state index in [4.69, 9.17) is 28.8 Å². The maximum atomic E-state index is 14.8. The van der Waals surface area contributed by atoms with Gasteiger partial charge in [-0.15, -0.1) is 11.3 Å². The minimum atomic E-state index is -3.92. The van der Waals surface area contributed by atoms with Gasteiger partial charge >= 0.3 is 6.09 Å². The number of carbonyl (C=O) groups is 4. The van der Waals surface area contributed by atoms with Crippen LogP contribution in [0.25, 0.3) is 32.9 Å². The van der Waals surface area contributed by atoms with Crippen LogP contribution in [0.2, 0.25) is 0 Å². The van der Waals surface area contributed by atoms with Crippen molar-refractivity contribution in [3.05, 3.63) is 47.5 Å². The number of hydrogen-bond acceptors (Lipinski definition) is 13. The molecule has 0 unspecified atom stereocenters. The average molecular weight is 888 g/mol. The predicted molar refractivity (Wildman–Crippen MR) is 231 cm³/mol. The summed E-state index contributed by atoms with van der Waals surface area (Å²) in [6.45, 7) is 6.15. The van der Waals surface area contributed by atoms with Crippen molar-refractivity contribution in [3.63, 3.8) is 0 Å². The second-order valence-electron chi connectivity index (χ2n) is 18.4. The first-order valence-electron chi connectivity index (χ1n) is 21.8. The molecule has 0 spiro atoms. The summed E-state index contributed by atoms with van der Waals surface area (Å²) in [5, 5.41) is 8.41. The fourth-order valence-corrected chi connectivity index (χ4v) is 11.1. The number of hydrogen-bond donors (Lipinski definition) is 3. The number of alkyl carbamates (subject to hydrolysis) is 1. The van der Waals surface area contributed by atoms with Crippen molar-refractivity contribution in [2.75, 3.05) is 6.54 Å². The van der Waals surface area contributed by atoms with Gasteiger partial charge in [0.1, 0.15) is 40.9 Å². The minimum absolute atomic E-state index is 0.0120. The number of sulfonamides is 1. The average Bonchev–Trinajstić information content (AvgIpc) is 3.86. The van der Waals surface area contributed by atoms with E-state index in [0.29, 0.717) is 54.0 Å². The SMILES string of the molecule is CC(C)(C)c1csc(-c2nc(O[C@@H]3C[C@H]4C(=O)N[C@]5(C(=O)NS(=O)(=O)C6CC6)C[C@H]5/C=C\CCCCC[C@H](NC(=O)OC5CCCC5)C(=O)N4C3)c3oc4ccccc4c3n2)n1. The van der Waals surface area contributed by atoms with Crippen molar-refractivity contribution in [2.24, 2.45) is 5.92 Å². The van der Waals surface area contributed by atoms with Gasteiger partial charge in [-0.25, -0.2) is 23.2 Å². The van der Waals surface area contributed by atoms with Crippen molar-refractivity contribution in [1.29, 1.82) is 0 Å². The standard InChI is InChI=1S/C44H53N7O9S2/c1-43(2,3)33-24-61-39(46-33)36-47-34-29-16-11-12-18-32(29)60-35(34)38(48-36)58-27-21-31-37(52)49-44(41(54)50-62(56,57)28-19-20-28)22-25(44)13-7-5-4-6-8-17-30(40(53)51(31)23-27)45-42(55)59-26-14-9-10-15-26/h7,11-13,16,18,24-28,30-31H,4-6,8-10,14-15,17,19-23H2,1-3H3,(H,45,55)(H,49,52)(H,50,54)/b13-7-/t25-,27-,30+,31+,44-/m1/s1. The van der Waals surface area contributed by atoms with Crippen molar-refractivity contribution in [3.8, 4) is 16.7 Å². The molecule has 3 N–H and O–H groups in total. The first-order chi connectivity index (χ1) is 29.7. The molecule has 5 heterocycles. The summed E-state index contributed by atoms with van der Waals surface area (Å²) in [6, 6.07) is 5.28. The van der Waals surface area contributed by atoms with Gasteiger partial charge in [-0.05, 0) is 76.3 Å². The van der Waals surface area contributed by atoms with E-state index in [1.54, 1.807) is 0 Å². The van der Waals surface area contributed by atoms with E-state index in [0.717, 1.165) is 49.6 Å². The van der Waals surface area contributed by atoms with Gasteiger partial charge in [0, 0.05) is 28.5 Å². The Morgan fingerprint density at radius 3 is 2.52 bits per heavy atom. The van der Waals surface area contributed by atoms with E-state index >= 15 is 0 Å². The second-order valence-corrected chi connectivity index (χ2v) is 21.2. The summed E-state index contributed by atoms with van der Waals surface area (Å²) < 4.78 is 46.9. The molecule has 5 aliphatic rings. The van der Waals surface area contributed by atoms with E-state index in [-0.39, 0.29) is 42.4 Å². The second kappa shape index (κ2) is 16.5. The van der Waals surface area contributed by atoms with Crippen molar-refractivity contribution < 1.29 is 41.5 Å². The van der Waals surface area contributed by atoms with Crippen LogP contribution in [-0.2, 0) is 34.6 Å². The molecule has 0 bridgehead atoms. The molecule has 3 aromatic heterocycles. The van der Waals surface area contributed by atoms with Gasteiger partial charge in [-0.1, -0.05) is 57.9 Å². The number of rotatable bonds is 8. The van der Waals surface area contributed by atoms with Crippen LogP contribution < -0.4 is 20.1 Å². The zero-order valence-corrected chi connectivity index (χ0v) is 36.8. The molecule has 4 amide bonds. The third-order valence-corrected chi connectivity index (χ3v) is 15.3. The zero-order valence-electron chi connectivity index (χ0n) is 35.2. The highest BCUT2D eigenvalue weighted by molar-refractivity contribution is 7.91. The Hall–Kier alpha value is -5.10. The number of furan rings is 1. The molecule has 2 aliphatic heterocycles. The maximum absolute atomic E-state index is 14.8. The third kappa shape index (κ3) is 8.64. The molecular weight excluding hydrogens is 835 g/mol. The van der Waals surface area contributed by atoms with Crippen LogP contribution in [0.5, 0.6) is 5.88 Å². The van der Waals surface area contributed by atoms with Crippen LogP contribution in [-0.4, -0.2) is 93.7 Å². The lowest BCUT2D eigenvalue weighted by molar-refractivity contribution is -0.141. The maximum Gasteiger partial charge on any atom is 0.408 e. The van der Waals surface area contributed by atoms with Gasteiger partial charge in [0.2, 0.25) is 27.4 Å². The quantitative estimate of drug-likeness (QED) is 0.169. The normalized spacial score (nSPS) is 26.9. The molecule has 4 aromatic rings. The molecule has 4 fully saturated rings. The van der Waals surface area contributed by atoms with E-state index in [1.165, 1.54) is 16.2 Å². The van der Waals surface area contributed by atoms with Gasteiger partial charge in [-0.2, -0.15) is 4.98 Å². The summed E-state index contributed by atoms with van der Waals surface area (Å²) in [6.07, 6.45) is 9.82. The number of carbonyl (C=O) groups excluding carboxylic acids is 4. The van der Waals surface area contributed by atoms with Crippen LogP contribution in [0.4, 0.5) is 4.79 Å². The fraction of sp³-hybridized carbons (Fsp3) is 0.568. The summed E-state index contributed by atoms with van der Waals surface area (Å²) in [5.41, 5.74) is 0.507. The first-order valence-corrected chi connectivity index (χ1v) is 24.3. The van der Waals surface area contributed by atoms with Crippen LogP contribution in [0, 0.1) is 5.92 Å². The number of thiazole rings is 1. The van der Waals surface area contributed by atoms with Crippen molar-refractivity contribution in [2.45, 2.75) is 145 Å². The van der Waals surface area contributed by atoms with Gasteiger partial charge < -0.3 is 29.4 Å². The molecule has 1 aromatic carbocycles. The number of allylic oxidation sites excluding steroid dienone is 1. The largest absolute Gasteiger partial charge is 0.470 e. The van der Waals surface area contributed by atoms with Crippen LogP contribution in [0.1, 0.15) is 110 Å². The Morgan fingerprint density at radius 2 is 1.76 bits per heavy atom. The molecule has 16 nitrogen and oxygen atoms in total. The van der Waals surface area contributed by atoms with Crippen LogP contribution in [0.15, 0.2) is 46.2 Å². The Morgan fingerprint density at radius 1 is 0.984 bits per heavy atom. The van der Waals surface area contributed by atoms with E-state index in [9.17, 15) is 27.6 Å². The van der Waals surface area contributed by atoms with Crippen LogP contribution >= 0.6 is 11.3 Å². The van der Waals surface area contributed by atoms with Gasteiger partial charge in [0.05, 0.1) is 17.5 Å². The summed E-state index contributed by atoms with van der Waals surface area (Å²) >= 11 is 1.41. The number of amides is 4. The molecular formula is C44H53N7O9S2. The van der Waals surface area contributed by atoms with E-state index in [1.807, 2.05) is 41.8 Å². The van der Waals surface area contributed by atoms with Crippen molar-refractivity contribution in [1.82, 2.24) is 35.2 Å². The predicted octanol–water partition coefficient (Wildman–Crippen LogP) is 6.19. The number of nitrogens with one attached hydrogen (secondary N) is 3. The molecule has 18 heteroatoms. The molecule has 0 radical (unpaired) electrons. The lowest BCUT2D eigenvalue weighted by atomic mass is 9.93. The summed E-state index contributed by atoms with van der Waals surface area (Å²) in [4.78, 5) is 72.7. The first kappa shape index (κ1) is 42.2. The fourth-order valence-electron chi connectivity index (χ4n) is 8.80. The number of aromatic nitrogens is 3. The Bertz CT molecular complexity index is 2540. The Balaban J connectivity index is 1.06. The Labute approximate surface area is 364 Å². The third-order valence-electron chi connectivity index (χ3n) is 12.6. The lowest BCUT2D eigenvalue weighted by Crippen LogP contribution is -2.58. The zero-order chi connectivity index (χ0) is 43.4. The number of benzene rings is 1. The minimum Gasteiger partial charge on any atom is -0.470 e. The lowest BCUT2D eigenvalue weighted by Gasteiger charge is -2.30. The highest BCUT2D eigenvalue weighted by atomic mass is 32.2. The number of fused-ring (bicyclic) bond motifs is 5. The molecule has 3 saturated carbocycles. The van der Waals surface area contributed by atoms with Crippen molar-refractivity contribution >= 4 is 67.2 Å². The highest BCUT2D eigenvalue weighted by Gasteiger charge is 2.62. The summed E-state index contributed by atoms with van der Waals surface area (Å²) in [5.74, 6) is -1.95. The smallest absolute Gasteiger partial charge is 0.408 e. The van der Waals surface area contributed by atoms with E-state index < -0.39 is 68.7 Å². The molecule has 62 heavy (non-hydrogen) atoms. The molecule has 330 valence electrons. The van der Waals surface area contributed by atoms with Gasteiger partial charge in [0.15, 0.2) is 10.8 Å². The van der Waals surface area contributed by atoms with Gasteiger partial charge in [0.25, 0.3) is 11.8 Å². The van der Waals surface area contributed by atoms with E-state index in [2.05, 4.69) is 36.1 Å².